The molecule has 0 bridgehead atoms. The van der Waals surface area contributed by atoms with Gasteiger partial charge in [0.1, 0.15) is 5.82 Å². The van der Waals surface area contributed by atoms with Gasteiger partial charge in [-0.25, -0.2) is 9.18 Å². The van der Waals surface area contributed by atoms with Crippen molar-refractivity contribution in [2.24, 2.45) is 0 Å². The lowest BCUT2D eigenvalue weighted by Gasteiger charge is -2.25. The van der Waals surface area contributed by atoms with Crippen LogP contribution < -0.4 is 0 Å². The van der Waals surface area contributed by atoms with Crippen LogP contribution in [0.5, 0.6) is 0 Å². The molecular weight excluding hydrogens is 237 g/mol. The zero-order valence-corrected chi connectivity index (χ0v) is 10.4. The van der Waals surface area contributed by atoms with Gasteiger partial charge in [-0.1, -0.05) is 19.1 Å². The van der Waals surface area contributed by atoms with Crippen molar-refractivity contribution in [2.75, 3.05) is 6.54 Å². The lowest BCUT2D eigenvalue weighted by molar-refractivity contribution is -0.146. The summed E-state index contributed by atoms with van der Waals surface area (Å²) in [4.78, 5) is 23.3. The van der Waals surface area contributed by atoms with Crippen molar-refractivity contribution in [3.63, 3.8) is 0 Å². The average molecular weight is 253 g/mol. The second-order valence-electron chi connectivity index (χ2n) is 4.09. The topological polar surface area (TPSA) is 57.6 Å². The lowest BCUT2D eigenvalue weighted by atomic mass is 10.0. The van der Waals surface area contributed by atoms with Gasteiger partial charge in [0, 0.05) is 6.54 Å². The van der Waals surface area contributed by atoms with Gasteiger partial charge >= 0.3 is 5.97 Å². The van der Waals surface area contributed by atoms with E-state index in [1.807, 2.05) is 6.92 Å². The Hall–Kier alpha value is -1.91. The largest absolute Gasteiger partial charge is 0.479 e. The van der Waals surface area contributed by atoms with E-state index < -0.39 is 17.8 Å². The number of halogens is 1. The molecular formula is C13H16FNO3. The number of carboxylic acid groups (broad SMARTS) is 1. The van der Waals surface area contributed by atoms with Gasteiger partial charge in [-0.2, -0.15) is 0 Å². The number of benzene rings is 1. The summed E-state index contributed by atoms with van der Waals surface area (Å²) in [7, 11) is 0. The molecule has 98 valence electrons. The summed E-state index contributed by atoms with van der Waals surface area (Å²) in [5.41, 5.74) is 0.710. The van der Waals surface area contributed by atoms with Gasteiger partial charge in [0.05, 0.1) is 0 Å². The first kappa shape index (κ1) is 14.2. The van der Waals surface area contributed by atoms with E-state index in [0.29, 0.717) is 24.9 Å². The molecule has 5 heteroatoms. The quantitative estimate of drug-likeness (QED) is 0.790. The van der Waals surface area contributed by atoms with Crippen LogP contribution >= 0.6 is 0 Å². The van der Waals surface area contributed by atoms with Gasteiger partial charge in [0.2, 0.25) is 6.41 Å². The van der Waals surface area contributed by atoms with E-state index in [2.05, 4.69) is 0 Å². The molecule has 0 aliphatic rings. The van der Waals surface area contributed by atoms with E-state index in [9.17, 15) is 19.1 Å². The summed E-state index contributed by atoms with van der Waals surface area (Å²) in [6, 6.07) is 3.07. The Labute approximate surface area is 105 Å². The molecule has 0 saturated heterocycles. The number of carbonyl (C=O) groups is 2. The number of rotatable bonds is 6. The average Bonchev–Trinajstić information content (AvgIpc) is 2.32. The fourth-order valence-corrected chi connectivity index (χ4v) is 1.76. The molecule has 1 amide bonds. The summed E-state index contributed by atoms with van der Waals surface area (Å²) in [5.74, 6) is -1.64. The van der Waals surface area contributed by atoms with E-state index in [1.54, 1.807) is 6.92 Å². The van der Waals surface area contributed by atoms with E-state index in [0.717, 1.165) is 4.90 Å². The molecule has 0 aliphatic carbocycles. The smallest absolute Gasteiger partial charge is 0.331 e. The number of hydrogen-bond acceptors (Lipinski definition) is 2. The van der Waals surface area contributed by atoms with Crippen molar-refractivity contribution in [3.8, 4) is 0 Å². The normalized spacial score (nSPS) is 11.9. The fourth-order valence-electron chi connectivity index (χ4n) is 1.76. The third-order valence-corrected chi connectivity index (χ3v) is 2.69. The number of nitrogens with zero attached hydrogens (tertiary/aromatic N) is 1. The molecule has 1 N–H and O–H groups in total. The number of carboxylic acids is 1. The number of amides is 1. The maximum Gasteiger partial charge on any atom is 0.331 e. The molecule has 0 heterocycles. The van der Waals surface area contributed by atoms with Gasteiger partial charge in [-0.15, -0.1) is 0 Å². The van der Waals surface area contributed by atoms with Gasteiger partial charge < -0.3 is 10.0 Å². The Kier molecular flexibility index (Phi) is 4.83. The zero-order valence-electron chi connectivity index (χ0n) is 10.4. The van der Waals surface area contributed by atoms with Crippen molar-refractivity contribution in [3.05, 3.63) is 35.1 Å². The van der Waals surface area contributed by atoms with Crippen LogP contribution in [0.1, 0.15) is 30.5 Å². The summed E-state index contributed by atoms with van der Waals surface area (Å²) in [6.45, 7) is 3.75. The molecule has 1 aromatic rings. The SMILES string of the molecule is CCCN(C=O)C(C(=O)O)c1ccc(C)c(F)c1. The lowest BCUT2D eigenvalue weighted by Crippen LogP contribution is -2.33. The van der Waals surface area contributed by atoms with Crippen LogP contribution in [-0.4, -0.2) is 28.9 Å². The van der Waals surface area contributed by atoms with Gasteiger partial charge in [-0.3, -0.25) is 4.79 Å². The molecule has 4 nitrogen and oxygen atoms in total. The number of aliphatic carboxylic acids is 1. The number of aryl methyl sites for hydroxylation is 1. The molecule has 0 spiro atoms. The molecule has 1 aromatic carbocycles. The minimum atomic E-state index is -1.17. The van der Waals surface area contributed by atoms with Crippen LogP contribution in [0.3, 0.4) is 0 Å². The van der Waals surface area contributed by atoms with Crippen molar-refractivity contribution in [1.29, 1.82) is 0 Å². The fraction of sp³-hybridized carbons (Fsp3) is 0.385. The van der Waals surface area contributed by atoms with Crippen LogP contribution in [0.15, 0.2) is 18.2 Å². The third kappa shape index (κ3) is 3.06. The standard InChI is InChI=1S/C13H16FNO3/c1-3-6-15(8-16)12(13(17)18)10-5-4-9(2)11(14)7-10/h4-5,7-8,12H,3,6H2,1-2H3,(H,17,18). The van der Waals surface area contributed by atoms with Crippen molar-refractivity contribution in [2.45, 2.75) is 26.3 Å². The first-order valence-electron chi connectivity index (χ1n) is 5.71. The zero-order chi connectivity index (χ0) is 13.7. The highest BCUT2D eigenvalue weighted by atomic mass is 19.1. The maximum atomic E-state index is 13.5. The van der Waals surface area contributed by atoms with E-state index in [4.69, 9.17) is 0 Å². The number of carbonyl (C=O) groups excluding carboxylic acids is 1. The second kappa shape index (κ2) is 6.14. The molecule has 0 radical (unpaired) electrons. The molecule has 0 saturated carbocycles. The summed E-state index contributed by atoms with van der Waals surface area (Å²) >= 11 is 0. The monoisotopic (exact) mass is 253 g/mol. The van der Waals surface area contributed by atoms with Crippen LogP contribution in [-0.2, 0) is 9.59 Å². The predicted octanol–water partition coefficient (Wildman–Crippen LogP) is 2.13. The molecule has 0 fully saturated rings. The molecule has 1 unspecified atom stereocenters. The van der Waals surface area contributed by atoms with Gasteiger partial charge in [0.25, 0.3) is 0 Å². The Morgan fingerprint density at radius 2 is 2.22 bits per heavy atom. The van der Waals surface area contributed by atoms with Crippen LogP contribution in [0.4, 0.5) is 4.39 Å². The van der Waals surface area contributed by atoms with Gasteiger partial charge in [-0.05, 0) is 30.5 Å². The van der Waals surface area contributed by atoms with E-state index >= 15 is 0 Å². The first-order valence-corrected chi connectivity index (χ1v) is 5.71. The van der Waals surface area contributed by atoms with Crippen LogP contribution in [0, 0.1) is 12.7 Å². The van der Waals surface area contributed by atoms with E-state index in [1.165, 1.54) is 18.2 Å². The molecule has 0 aromatic heterocycles. The summed E-state index contributed by atoms with van der Waals surface area (Å²) in [5, 5.41) is 9.19. The highest BCUT2D eigenvalue weighted by molar-refractivity contribution is 5.78. The van der Waals surface area contributed by atoms with E-state index in [-0.39, 0.29) is 5.56 Å². The molecule has 18 heavy (non-hydrogen) atoms. The summed E-state index contributed by atoms with van der Waals surface area (Å²) in [6.07, 6.45) is 1.12. The third-order valence-electron chi connectivity index (χ3n) is 2.69. The molecule has 1 atom stereocenters. The Bertz CT molecular complexity index is 448. The minimum Gasteiger partial charge on any atom is -0.479 e. The Balaban J connectivity index is 3.14. The minimum absolute atomic E-state index is 0.270. The Morgan fingerprint density at radius 3 is 2.67 bits per heavy atom. The van der Waals surface area contributed by atoms with Gasteiger partial charge in [0.15, 0.2) is 6.04 Å². The molecule has 1 rings (SSSR count). The highest BCUT2D eigenvalue weighted by Crippen LogP contribution is 2.22. The number of hydrogen-bond donors (Lipinski definition) is 1. The van der Waals surface area contributed by atoms with Crippen molar-refractivity contribution in [1.82, 2.24) is 4.90 Å². The maximum absolute atomic E-state index is 13.5. The van der Waals surface area contributed by atoms with Crippen LogP contribution in [0.25, 0.3) is 0 Å². The van der Waals surface area contributed by atoms with Crippen molar-refractivity contribution >= 4 is 12.4 Å². The predicted molar refractivity (Wildman–Crippen MR) is 64.6 cm³/mol. The highest BCUT2D eigenvalue weighted by Gasteiger charge is 2.26. The molecule has 0 aliphatic heterocycles. The van der Waals surface area contributed by atoms with Crippen molar-refractivity contribution < 1.29 is 19.1 Å². The first-order chi connectivity index (χ1) is 8.51. The van der Waals surface area contributed by atoms with Crippen LogP contribution in [0.2, 0.25) is 0 Å². The summed E-state index contributed by atoms with van der Waals surface area (Å²) < 4.78 is 13.5. The Morgan fingerprint density at radius 1 is 1.56 bits per heavy atom. The second-order valence-corrected chi connectivity index (χ2v) is 4.09.